The summed E-state index contributed by atoms with van der Waals surface area (Å²) in [6.45, 7) is 5.69. The van der Waals surface area contributed by atoms with E-state index in [1.54, 1.807) is 0 Å². The summed E-state index contributed by atoms with van der Waals surface area (Å²) < 4.78 is 9.74. The first kappa shape index (κ1) is 11.8. The highest BCUT2D eigenvalue weighted by Gasteiger charge is 2.31. The zero-order chi connectivity index (χ0) is 11.3. The van der Waals surface area contributed by atoms with E-state index in [4.69, 9.17) is 4.74 Å². The molecule has 0 aromatic rings. The highest BCUT2D eigenvalue weighted by atomic mass is 16.6. The molecule has 0 amide bonds. The summed E-state index contributed by atoms with van der Waals surface area (Å²) in [5.41, 5.74) is 0.235. The molecule has 1 aliphatic heterocycles. The van der Waals surface area contributed by atoms with Gasteiger partial charge in [0.15, 0.2) is 6.10 Å². The molecule has 0 aromatic carbocycles. The first-order chi connectivity index (χ1) is 7.15. The van der Waals surface area contributed by atoms with Crippen LogP contribution in [0.2, 0.25) is 0 Å². The molecule has 0 N–H and O–H groups in total. The molecule has 0 aromatic heterocycles. The molecule has 84 valence electrons. The lowest BCUT2D eigenvalue weighted by atomic mass is 10.2. The van der Waals surface area contributed by atoms with Gasteiger partial charge in [0.1, 0.15) is 6.61 Å². The SMILES string of the molecule is C=C1C(=O)OCC1OC(=O)CCCCC. The second kappa shape index (κ2) is 5.53. The van der Waals surface area contributed by atoms with Gasteiger partial charge in [0, 0.05) is 6.42 Å². The van der Waals surface area contributed by atoms with Gasteiger partial charge in [0.05, 0.1) is 5.57 Å². The van der Waals surface area contributed by atoms with Gasteiger partial charge in [-0.25, -0.2) is 4.79 Å². The van der Waals surface area contributed by atoms with Crippen LogP contribution in [0.15, 0.2) is 12.2 Å². The van der Waals surface area contributed by atoms with Crippen LogP contribution in [-0.4, -0.2) is 24.6 Å². The van der Waals surface area contributed by atoms with Crippen molar-refractivity contribution < 1.29 is 19.1 Å². The molecule has 1 heterocycles. The van der Waals surface area contributed by atoms with E-state index < -0.39 is 12.1 Å². The molecule has 1 saturated heterocycles. The maximum absolute atomic E-state index is 11.3. The van der Waals surface area contributed by atoms with Crippen molar-refractivity contribution in [2.75, 3.05) is 6.61 Å². The second-order valence-electron chi connectivity index (χ2n) is 3.56. The molecule has 0 spiro atoms. The average molecular weight is 212 g/mol. The zero-order valence-electron chi connectivity index (χ0n) is 8.95. The van der Waals surface area contributed by atoms with Crippen LogP contribution in [-0.2, 0) is 19.1 Å². The van der Waals surface area contributed by atoms with Crippen LogP contribution in [0.4, 0.5) is 0 Å². The Bertz CT molecular complexity index is 270. The molecule has 1 unspecified atom stereocenters. The molecule has 1 aliphatic rings. The fourth-order valence-electron chi connectivity index (χ4n) is 1.32. The lowest BCUT2D eigenvalue weighted by molar-refractivity contribution is -0.148. The van der Waals surface area contributed by atoms with Crippen molar-refractivity contribution in [1.82, 2.24) is 0 Å². The average Bonchev–Trinajstić information content (AvgIpc) is 2.50. The summed E-state index contributed by atoms with van der Waals surface area (Å²) >= 11 is 0. The molecule has 0 bridgehead atoms. The fourth-order valence-corrected chi connectivity index (χ4v) is 1.32. The summed E-state index contributed by atoms with van der Waals surface area (Å²) in [5, 5.41) is 0. The minimum absolute atomic E-state index is 0.108. The van der Waals surface area contributed by atoms with E-state index in [-0.39, 0.29) is 18.1 Å². The smallest absolute Gasteiger partial charge is 0.337 e. The van der Waals surface area contributed by atoms with Gasteiger partial charge in [-0.3, -0.25) is 4.79 Å². The van der Waals surface area contributed by atoms with Gasteiger partial charge < -0.3 is 9.47 Å². The minimum Gasteiger partial charge on any atom is -0.458 e. The van der Waals surface area contributed by atoms with Crippen molar-refractivity contribution >= 4 is 11.9 Å². The second-order valence-corrected chi connectivity index (χ2v) is 3.56. The number of hydrogen-bond acceptors (Lipinski definition) is 4. The van der Waals surface area contributed by atoms with Crippen LogP contribution >= 0.6 is 0 Å². The number of unbranched alkanes of at least 4 members (excludes halogenated alkanes) is 2. The standard InChI is InChI=1S/C11H16O4/c1-3-4-5-6-10(12)15-9-7-14-11(13)8(9)2/h9H,2-7H2,1H3. The molecule has 1 rings (SSSR count). The summed E-state index contributed by atoms with van der Waals surface area (Å²) in [5.74, 6) is -0.755. The van der Waals surface area contributed by atoms with Crippen molar-refractivity contribution in [3.63, 3.8) is 0 Å². The number of ether oxygens (including phenoxy) is 2. The lowest BCUT2D eigenvalue weighted by Gasteiger charge is -2.09. The van der Waals surface area contributed by atoms with E-state index in [9.17, 15) is 9.59 Å². The topological polar surface area (TPSA) is 52.6 Å². The Morgan fingerprint density at radius 2 is 2.33 bits per heavy atom. The van der Waals surface area contributed by atoms with E-state index in [0.29, 0.717) is 6.42 Å². The maximum Gasteiger partial charge on any atom is 0.337 e. The quantitative estimate of drug-likeness (QED) is 0.394. The highest BCUT2D eigenvalue weighted by molar-refractivity contribution is 5.91. The number of carbonyl (C=O) groups excluding carboxylic acids is 2. The van der Waals surface area contributed by atoms with Crippen LogP contribution in [0.3, 0.4) is 0 Å². The number of rotatable bonds is 5. The number of hydrogen-bond donors (Lipinski definition) is 0. The van der Waals surface area contributed by atoms with E-state index >= 15 is 0 Å². The van der Waals surface area contributed by atoms with Gasteiger partial charge >= 0.3 is 11.9 Å². The third-order valence-corrected chi connectivity index (χ3v) is 2.27. The van der Waals surface area contributed by atoms with Crippen LogP contribution in [0.5, 0.6) is 0 Å². The Hall–Kier alpha value is -1.32. The summed E-state index contributed by atoms with van der Waals surface area (Å²) in [7, 11) is 0. The summed E-state index contributed by atoms with van der Waals surface area (Å²) in [4.78, 5) is 22.2. The van der Waals surface area contributed by atoms with Gasteiger partial charge in [0.25, 0.3) is 0 Å². The number of esters is 2. The van der Waals surface area contributed by atoms with Crippen molar-refractivity contribution in [1.29, 1.82) is 0 Å². The monoisotopic (exact) mass is 212 g/mol. The summed E-state index contributed by atoms with van der Waals surface area (Å²) in [6.07, 6.45) is 2.71. The van der Waals surface area contributed by atoms with Gasteiger partial charge in [0.2, 0.25) is 0 Å². The number of carbonyl (C=O) groups is 2. The molecule has 15 heavy (non-hydrogen) atoms. The Morgan fingerprint density at radius 1 is 1.60 bits per heavy atom. The van der Waals surface area contributed by atoms with E-state index in [0.717, 1.165) is 19.3 Å². The molecular weight excluding hydrogens is 196 g/mol. The Morgan fingerprint density at radius 3 is 2.87 bits per heavy atom. The predicted molar refractivity (Wildman–Crippen MR) is 54.1 cm³/mol. The van der Waals surface area contributed by atoms with Gasteiger partial charge in [-0.05, 0) is 6.42 Å². The van der Waals surface area contributed by atoms with Gasteiger partial charge in [-0.15, -0.1) is 0 Å². The lowest BCUT2D eigenvalue weighted by Crippen LogP contribution is -2.19. The van der Waals surface area contributed by atoms with E-state index in [1.807, 2.05) is 0 Å². The van der Waals surface area contributed by atoms with Crippen molar-refractivity contribution in [2.24, 2.45) is 0 Å². The third-order valence-electron chi connectivity index (χ3n) is 2.27. The molecular formula is C11H16O4. The first-order valence-corrected chi connectivity index (χ1v) is 5.20. The van der Waals surface area contributed by atoms with Crippen LogP contribution in [0.25, 0.3) is 0 Å². The normalized spacial score (nSPS) is 20.2. The molecule has 4 heteroatoms. The Balaban J connectivity index is 2.26. The Kier molecular flexibility index (Phi) is 4.34. The van der Waals surface area contributed by atoms with Crippen LogP contribution in [0, 0.1) is 0 Å². The van der Waals surface area contributed by atoms with E-state index in [1.165, 1.54) is 0 Å². The fraction of sp³-hybridized carbons (Fsp3) is 0.636. The Labute approximate surface area is 89.2 Å². The van der Waals surface area contributed by atoms with Crippen molar-refractivity contribution in [3.8, 4) is 0 Å². The summed E-state index contributed by atoms with van der Waals surface area (Å²) in [6, 6.07) is 0. The third kappa shape index (κ3) is 3.38. The van der Waals surface area contributed by atoms with Crippen LogP contribution < -0.4 is 0 Å². The molecule has 0 aliphatic carbocycles. The van der Waals surface area contributed by atoms with Gasteiger partial charge in [-0.1, -0.05) is 26.3 Å². The predicted octanol–water partition coefficient (Wildman–Crippen LogP) is 1.59. The molecule has 1 atom stereocenters. The zero-order valence-corrected chi connectivity index (χ0v) is 8.95. The highest BCUT2D eigenvalue weighted by Crippen LogP contribution is 2.16. The van der Waals surface area contributed by atoms with Gasteiger partial charge in [-0.2, -0.15) is 0 Å². The largest absolute Gasteiger partial charge is 0.458 e. The van der Waals surface area contributed by atoms with Crippen molar-refractivity contribution in [2.45, 2.75) is 38.7 Å². The molecule has 0 saturated carbocycles. The number of cyclic esters (lactones) is 1. The maximum atomic E-state index is 11.3. The van der Waals surface area contributed by atoms with Crippen LogP contribution in [0.1, 0.15) is 32.6 Å². The molecule has 4 nitrogen and oxygen atoms in total. The first-order valence-electron chi connectivity index (χ1n) is 5.20. The van der Waals surface area contributed by atoms with Crippen molar-refractivity contribution in [3.05, 3.63) is 12.2 Å². The van der Waals surface area contributed by atoms with E-state index in [2.05, 4.69) is 18.2 Å². The molecule has 1 fully saturated rings. The minimum atomic E-state index is -0.577. The molecule has 0 radical (unpaired) electrons.